The second-order valence-electron chi connectivity index (χ2n) is 12.0. The minimum absolute atomic E-state index is 0.0289. The zero-order chi connectivity index (χ0) is 31.9. The molecule has 0 unspecified atom stereocenters. The third-order valence-corrected chi connectivity index (χ3v) is 7.42. The predicted octanol–water partition coefficient (Wildman–Crippen LogP) is 2.84. The number of rotatable bonds is 9. The Kier molecular flexibility index (Phi) is 10.8. The number of aliphatic hydroxyl groups is 1. The van der Waals surface area contributed by atoms with Crippen LogP contribution in [0.2, 0.25) is 0 Å². The van der Waals surface area contributed by atoms with Gasteiger partial charge < -0.3 is 34.6 Å². The van der Waals surface area contributed by atoms with Gasteiger partial charge in [0.05, 0.1) is 18.4 Å². The van der Waals surface area contributed by atoms with Crippen LogP contribution in [0.5, 0.6) is 0 Å². The number of anilines is 1. The summed E-state index contributed by atoms with van der Waals surface area (Å²) in [6, 6.07) is 12.0. The first-order valence-electron chi connectivity index (χ1n) is 15.2. The Morgan fingerprint density at radius 2 is 1.70 bits per heavy atom. The molecule has 0 radical (unpaired) electrons. The lowest BCUT2D eigenvalue weighted by Crippen LogP contribution is -2.56. The minimum atomic E-state index is -1.02. The average molecular weight is 610 g/mol. The van der Waals surface area contributed by atoms with Gasteiger partial charge in [-0.05, 0) is 52.7 Å². The topological polar surface area (TPSA) is 142 Å². The number of hydrogen-bond acceptors (Lipinski definition) is 9. The quantitative estimate of drug-likeness (QED) is 0.411. The number of β-amino-alcohol motifs (C(OH)–C–C–N with tert-alkyl or cyclic N) is 1. The van der Waals surface area contributed by atoms with Crippen LogP contribution in [-0.4, -0.2) is 107 Å². The number of nitrogens with zero attached hydrogens (tertiary/aromatic N) is 4. The molecule has 1 aromatic heterocycles. The van der Waals surface area contributed by atoms with Gasteiger partial charge in [0, 0.05) is 56.9 Å². The Morgan fingerprint density at radius 1 is 1.02 bits per heavy atom. The Morgan fingerprint density at radius 3 is 2.32 bits per heavy atom. The van der Waals surface area contributed by atoms with Crippen molar-refractivity contribution in [2.75, 3.05) is 50.8 Å². The lowest BCUT2D eigenvalue weighted by molar-refractivity contribution is -0.155. The van der Waals surface area contributed by atoms with Crippen LogP contribution in [-0.2, 0) is 19.1 Å². The minimum Gasteiger partial charge on any atom is -0.460 e. The Bertz CT molecular complexity index is 1320. The molecule has 238 valence electrons. The highest BCUT2D eigenvalue weighted by Crippen LogP contribution is 2.27. The second kappa shape index (κ2) is 14.5. The van der Waals surface area contributed by atoms with Gasteiger partial charge in [-0.3, -0.25) is 14.4 Å². The highest BCUT2D eigenvalue weighted by molar-refractivity contribution is 5.97. The maximum Gasteiger partial charge on any atom is 0.409 e. The summed E-state index contributed by atoms with van der Waals surface area (Å²) in [6.07, 6.45) is -0.318. The number of amides is 3. The van der Waals surface area contributed by atoms with Crippen LogP contribution in [0, 0.1) is 0 Å². The van der Waals surface area contributed by atoms with Crippen molar-refractivity contribution in [3.05, 3.63) is 48.2 Å². The standard InChI is InChI=1S/C32H43N5O7/c1-5-43-31(42)36-17-15-35(16-18-36)30(41)25(11-12-28(39)44-32(2,3)4)34-29(40)27-20-23(37-14-13-24(38)21-37)19-26(33-27)22-9-7-6-8-10-22/h6-10,19-20,24-25,38H,5,11-18,21H2,1-4H3,(H,34,40)/t24-,25+/m1/s1. The molecule has 2 aliphatic heterocycles. The van der Waals surface area contributed by atoms with Crippen molar-refractivity contribution in [3.63, 3.8) is 0 Å². The van der Waals surface area contributed by atoms with Crippen molar-refractivity contribution in [2.45, 2.75) is 64.7 Å². The van der Waals surface area contributed by atoms with Crippen molar-refractivity contribution in [3.8, 4) is 11.3 Å². The first-order chi connectivity index (χ1) is 20.9. The van der Waals surface area contributed by atoms with Gasteiger partial charge in [0.15, 0.2) is 0 Å². The van der Waals surface area contributed by atoms with E-state index >= 15 is 0 Å². The molecule has 12 nitrogen and oxygen atoms in total. The molecule has 2 fully saturated rings. The van der Waals surface area contributed by atoms with Crippen LogP contribution in [0.3, 0.4) is 0 Å². The van der Waals surface area contributed by atoms with E-state index in [9.17, 15) is 24.3 Å². The van der Waals surface area contributed by atoms with Gasteiger partial charge >= 0.3 is 12.1 Å². The van der Waals surface area contributed by atoms with E-state index < -0.39 is 35.7 Å². The first-order valence-corrected chi connectivity index (χ1v) is 15.2. The fraction of sp³-hybridized carbons (Fsp3) is 0.531. The van der Waals surface area contributed by atoms with Gasteiger partial charge in [0.25, 0.3) is 5.91 Å². The number of esters is 1. The highest BCUT2D eigenvalue weighted by Gasteiger charge is 2.32. The predicted molar refractivity (Wildman–Crippen MR) is 164 cm³/mol. The van der Waals surface area contributed by atoms with Crippen molar-refractivity contribution < 1.29 is 33.8 Å². The molecular weight excluding hydrogens is 566 g/mol. The van der Waals surface area contributed by atoms with Crippen LogP contribution >= 0.6 is 0 Å². The Labute approximate surface area is 258 Å². The van der Waals surface area contributed by atoms with Gasteiger partial charge in [0.1, 0.15) is 17.3 Å². The normalized spacial score (nSPS) is 17.7. The maximum absolute atomic E-state index is 13.7. The van der Waals surface area contributed by atoms with Crippen LogP contribution < -0.4 is 10.2 Å². The van der Waals surface area contributed by atoms with Gasteiger partial charge in [0.2, 0.25) is 5.91 Å². The third kappa shape index (κ3) is 8.91. The molecular formula is C32H43N5O7. The van der Waals surface area contributed by atoms with Crippen LogP contribution in [0.15, 0.2) is 42.5 Å². The summed E-state index contributed by atoms with van der Waals surface area (Å²) < 4.78 is 10.5. The van der Waals surface area contributed by atoms with E-state index in [1.165, 1.54) is 4.90 Å². The smallest absolute Gasteiger partial charge is 0.409 e. The zero-order valence-corrected chi connectivity index (χ0v) is 26.0. The summed E-state index contributed by atoms with van der Waals surface area (Å²) >= 11 is 0. The number of aliphatic hydroxyl groups excluding tert-OH is 1. The van der Waals surface area contributed by atoms with Crippen molar-refractivity contribution in [1.82, 2.24) is 20.1 Å². The lowest BCUT2D eigenvalue weighted by atomic mass is 10.1. The molecule has 4 rings (SSSR count). The van der Waals surface area contributed by atoms with Gasteiger partial charge in [-0.25, -0.2) is 9.78 Å². The molecule has 0 aliphatic carbocycles. The van der Waals surface area contributed by atoms with Crippen molar-refractivity contribution >= 4 is 29.6 Å². The zero-order valence-electron chi connectivity index (χ0n) is 26.0. The molecule has 0 spiro atoms. The van der Waals surface area contributed by atoms with Crippen LogP contribution in [0.1, 0.15) is 57.4 Å². The van der Waals surface area contributed by atoms with Crippen LogP contribution in [0.4, 0.5) is 10.5 Å². The van der Waals surface area contributed by atoms with E-state index in [-0.39, 0.29) is 44.1 Å². The summed E-state index contributed by atoms with van der Waals surface area (Å²) in [5.74, 6) is -1.39. The fourth-order valence-corrected chi connectivity index (χ4v) is 5.24. The molecule has 0 saturated carbocycles. The Balaban J connectivity index is 1.56. The number of carbonyl (C=O) groups is 4. The number of nitrogens with one attached hydrogen (secondary N) is 1. The summed E-state index contributed by atoms with van der Waals surface area (Å²) in [5.41, 5.74) is 1.57. The molecule has 2 atom stereocenters. The molecule has 0 bridgehead atoms. The number of aromatic nitrogens is 1. The number of ether oxygens (including phenoxy) is 2. The first kappa shape index (κ1) is 32.7. The summed E-state index contributed by atoms with van der Waals surface area (Å²) in [5, 5.41) is 13.0. The average Bonchev–Trinajstić information content (AvgIpc) is 3.44. The van der Waals surface area contributed by atoms with Gasteiger partial charge in [-0.2, -0.15) is 0 Å². The number of hydrogen-bond donors (Lipinski definition) is 2. The second-order valence-corrected chi connectivity index (χ2v) is 12.0. The molecule has 12 heteroatoms. The van der Waals surface area contributed by atoms with Crippen molar-refractivity contribution in [1.29, 1.82) is 0 Å². The maximum atomic E-state index is 13.7. The molecule has 1 aromatic carbocycles. The van der Waals surface area contributed by atoms with E-state index in [0.717, 1.165) is 11.3 Å². The highest BCUT2D eigenvalue weighted by atomic mass is 16.6. The monoisotopic (exact) mass is 609 g/mol. The molecule has 44 heavy (non-hydrogen) atoms. The van der Waals surface area contributed by atoms with E-state index in [1.54, 1.807) is 38.7 Å². The van der Waals surface area contributed by atoms with Crippen LogP contribution in [0.25, 0.3) is 11.3 Å². The number of carbonyl (C=O) groups excluding carboxylic acids is 4. The number of piperazine rings is 1. The molecule has 2 aromatic rings. The lowest BCUT2D eigenvalue weighted by Gasteiger charge is -2.36. The van der Waals surface area contributed by atoms with E-state index in [2.05, 4.69) is 10.3 Å². The summed E-state index contributed by atoms with van der Waals surface area (Å²) in [6.45, 7) is 9.48. The SMILES string of the molecule is CCOC(=O)N1CCN(C(=O)[C@H](CCC(=O)OC(C)(C)C)NC(=O)c2cc(N3CC[C@@H](O)C3)cc(-c3ccccc3)n2)CC1. The van der Waals surface area contributed by atoms with Gasteiger partial charge in [-0.15, -0.1) is 0 Å². The number of pyridine rings is 1. The molecule has 2 aliphatic rings. The molecule has 2 N–H and O–H groups in total. The molecule has 3 amide bonds. The van der Waals surface area contributed by atoms with E-state index in [4.69, 9.17) is 9.47 Å². The third-order valence-electron chi connectivity index (χ3n) is 7.42. The van der Waals surface area contributed by atoms with Crippen molar-refractivity contribution in [2.24, 2.45) is 0 Å². The van der Waals surface area contributed by atoms with Gasteiger partial charge in [-0.1, -0.05) is 30.3 Å². The fourth-order valence-electron chi connectivity index (χ4n) is 5.24. The summed E-state index contributed by atoms with van der Waals surface area (Å²) in [4.78, 5) is 61.9. The molecule has 2 saturated heterocycles. The summed E-state index contributed by atoms with van der Waals surface area (Å²) in [7, 11) is 0. The Hall–Kier alpha value is -4.19. The number of benzene rings is 1. The largest absolute Gasteiger partial charge is 0.460 e. The molecule has 3 heterocycles. The van der Waals surface area contributed by atoms with E-state index in [1.807, 2.05) is 41.3 Å². The van der Waals surface area contributed by atoms with E-state index in [0.29, 0.717) is 38.3 Å².